The number of imide groups is 2. The largest absolute Gasteiger partial charge is 0.390 e. The highest BCUT2D eigenvalue weighted by Crippen LogP contribution is 2.29. The van der Waals surface area contributed by atoms with E-state index in [1.54, 1.807) is 6.07 Å². The van der Waals surface area contributed by atoms with Gasteiger partial charge in [-0.1, -0.05) is 0 Å². The van der Waals surface area contributed by atoms with Gasteiger partial charge in [0.15, 0.2) is 0 Å². The number of nitrogens with zero attached hydrogens (tertiary/aromatic N) is 1. The van der Waals surface area contributed by atoms with Gasteiger partial charge in [0.2, 0.25) is 11.8 Å². The van der Waals surface area contributed by atoms with Crippen LogP contribution in [0.3, 0.4) is 0 Å². The van der Waals surface area contributed by atoms with Gasteiger partial charge in [-0.15, -0.1) is 11.6 Å². The van der Waals surface area contributed by atoms with Gasteiger partial charge in [-0.2, -0.15) is 0 Å². The molecule has 8 nitrogen and oxygen atoms in total. The maximum absolute atomic E-state index is 12.6. The fourth-order valence-electron chi connectivity index (χ4n) is 2.87. The van der Waals surface area contributed by atoms with Crippen LogP contribution in [0.5, 0.6) is 0 Å². The van der Waals surface area contributed by atoms with Crippen LogP contribution in [0.4, 0.5) is 5.69 Å². The number of nitrogens with one attached hydrogen (secondary N) is 2. The molecule has 1 aromatic carbocycles. The van der Waals surface area contributed by atoms with E-state index < -0.39 is 35.8 Å². The second-order valence-corrected chi connectivity index (χ2v) is 6.21. The molecule has 9 heteroatoms. The zero-order chi connectivity index (χ0) is 18.1. The Balaban J connectivity index is 1.82. The smallest absolute Gasteiger partial charge is 0.262 e. The number of anilines is 1. The molecule has 0 radical (unpaired) electrons. The Bertz CT molecular complexity index is 766. The SMILES string of the molecule is O=C1CCC(N2C(=O)c3ccc(NCC(O)CCl)cc3C2=O)C(=O)N1. The Hall–Kier alpha value is -2.45. The predicted molar refractivity (Wildman–Crippen MR) is 88.3 cm³/mol. The van der Waals surface area contributed by atoms with Gasteiger partial charge in [0.25, 0.3) is 11.8 Å². The summed E-state index contributed by atoms with van der Waals surface area (Å²) < 4.78 is 0. The number of carbonyl (C=O) groups excluding carboxylic acids is 4. The number of carbonyl (C=O) groups is 4. The van der Waals surface area contributed by atoms with E-state index in [0.29, 0.717) is 5.69 Å². The average molecular weight is 366 g/mol. The van der Waals surface area contributed by atoms with Gasteiger partial charge < -0.3 is 10.4 Å². The van der Waals surface area contributed by atoms with Crippen LogP contribution in [0, 0.1) is 0 Å². The number of piperidine rings is 1. The van der Waals surface area contributed by atoms with Crippen molar-refractivity contribution in [3.63, 3.8) is 0 Å². The van der Waals surface area contributed by atoms with E-state index in [2.05, 4.69) is 10.6 Å². The van der Waals surface area contributed by atoms with E-state index in [9.17, 15) is 24.3 Å². The van der Waals surface area contributed by atoms with Crippen molar-refractivity contribution < 1.29 is 24.3 Å². The van der Waals surface area contributed by atoms with Gasteiger partial charge in [0.05, 0.1) is 23.1 Å². The number of aliphatic hydroxyl groups is 1. The Morgan fingerprint density at radius 2 is 1.96 bits per heavy atom. The van der Waals surface area contributed by atoms with Crippen molar-refractivity contribution >= 4 is 40.9 Å². The van der Waals surface area contributed by atoms with E-state index >= 15 is 0 Å². The first-order valence-corrected chi connectivity index (χ1v) is 8.29. The minimum Gasteiger partial charge on any atom is -0.390 e. The number of alkyl halides is 1. The van der Waals surface area contributed by atoms with Gasteiger partial charge in [-0.3, -0.25) is 29.4 Å². The van der Waals surface area contributed by atoms with E-state index in [1.165, 1.54) is 12.1 Å². The molecule has 2 heterocycles. The molecule has 1 fully saturated rings. The van der Waals surface area contributed by atoms with Crippen LogP contribution < -0.4 is 10.6 Å². The molecular weight excluding hydrogens is 350 g/mol. The fourth-order valence-corrected chi connectivity index (χ4v) is 2.98. The molecule has 0 aliphatic carbocycles. The lowest BCUT2D eigenvalue weighted by Gasteiger charge is -2.27. The maximum atomic E-state index is 12.6. The van der Waals surface area contributed by atoms with Crippen molar-refractivity contribution in [3.8, 4) is 0 Å². The Morgan fingerprint density at radius 1 is 1.24 bits per heavy atom. The van der Waals surface area contributed by atoms with Gasteiger partial charge in [-0.25, -0.2) is 0 Å². The third kappa shape index (κ3) is 3.22. The van der Waals surface area contributed by atoms with Crippen molar-refractivity contribution in [1.82, 2.24) is 10.2 Å². The normalized spacial score (nSPS) is 21.2. The molecular formula is C16H16ClN3O5. The molecule has 2 aliphatic rings. The molecule has 4 amide bonds. The Labute approximate surface area is 148 Å². The minimum absolute atomic E-state index is 0.0681. The quantitative estimate of drug-likeness (QED) is 0.503. The van der Waals surface area contributed by atoms with Gasteiger partial charge in [0.1, 0.15) is 6.04 Å². The van der Waals surface area contributed by atoms with Crippen LogP contribution in [0.25, 0.3) is 0 Å². The standard InChI is InChI=1S/C16H16ClN3O5/c17-6-9(21)7-18-8-1-2-10-11(5-8)16(25)20(15(10)24)12-3-4-13(22)19-14(12)23/h1-2,5,9,12,18,21H,3-4,6-7H2,(H,19,22,23). The molecule has 3 rings (SSSR count). The highest BCUT2D eigenvalue weighted by atomic mass is 35.5. The van der Waals surface area contributed by atoms with Gasteiger partial charge >= 0.3 is 0 Å². The number of halogens is 1. The summed E-state index contributed by atoms with van der Waals surface area (Å²) in [6.07, 6.45) is -0.553. The van der Waals surface area contributed by atoms with Crippen LogP contribution in [-0.2, 0) is 9.59 Å². The Kier molecular flexibility index (Phi) is 4.73. The molecule has 0 saturated carbocycles. The lowest BCUT2D eigenvalue weighted by Crippen LogP contribution is -2.54. The Morgan fingerprint density at radius 3 is 2.64 bits per heavy atom. The van der Waals surface area contributed by atoms with E-state index in [0.717, 1.165) is 4.90 Å². The molecule has 1 aromatic rings. The molecule has 0 spiro atoms. The summed E-state index contributed by atoms with van der Waals surface area (Å²) in [5.74, 6) is -2.12. The zero-order valence-electron chi connectivity index (χ0n) is 13.1. The van der Waals surface area contributed by atoms with Crippen LogP contribution >= 0.6 is 11.6 Å². The van der Waals surface area contributed by atoms with Crippen molar-refractivity contribution in [2.24, 2.45) is 0 Å². The van der Waals surface area contributed by atoms with E-state index in [1.807, 2.05) is 0 Å². The van der Waals surface area contributed by atoms with Crippen LogP contribution in [0.2, 0.25) is 0 Å². The van der Waals surface area contributed by atoms with E-state index in [4.69, 9.17) is 11.6 Å². The molecule has 3 N–H and O–H groups in total. The first kappa shape index (κ1) is 17.4. The molecule has 2 atom stereocenters. The number of rotatable bonds is 5. The highest BCUT2D eigenvalue weighted by molar-refractivity contribution is 6.23. The third-order valence-electron chi connectivity index (χ3n) is 4.16. The van der Waals surface area contributed by atoms with Crippen molar-refractivity contribution in [3.05, 3.63) is 29.3 Å². The zero-order valence-corrected chi connectivity index (χ0v) is 13.9. The van der Waals surface area contributed by atoms with Crippen molar-refractivity contribution in [2.45, 2.75) is 25.0 Å². The lowest BCUT2D eigenvalue weighted by molar-refractivity contribution is -0.136. The second kappa shape index (κ2) is 6.81. The molecule has 2 unspecified atom stereocenters. The fraction of sp³-hybridized carbons (Fsp3) is 0.375. The number of benzene rings is 1. The molecule has 0 bridgehead atoms. The third-order valence-corrected chi connectivity index (χ3v) is 4.52. The maximum Gasteiger partial charge on any atom is 0.262 e. The summed E-state index contributed by atoms with van der Waals surface area (Å²) in [5.41, 5.74) is 0.937. The molecule has 25 heavy (non-hydrogen) atoms. The summed E-state index contributed by atoms with van der Waals surface area (Å²) in [6, 6.07) is 3.62. The van der Waals surface area contributed by atoms with Gasteiger partial charge in [-0.05, 0) is 24.6 Å². The van der Waals surface area contributed by atoms with Crippen LogP contribution in [0.1, 0.15) is 33.6 Å². The first-order valence-electron chi connectivity index (χ1n) is 7.76. The average Bonchev–Trinajstić information content (AvgIpc) is 2.84. The second-order valence-electron chi connectivity index (χ2n) is 5.90. The topological polar surface area (TPSA) is 116 Å². The number of hydrogen-bond donors (Lipinski definition) is 3. The summed E-state index contributed by atoms with van der Waals surface area (Å²) >= 11 is 5.53. The number of hydrogen-bond acceptors (Lipinski definition) is 6. The summed E-state index contributed by atoms with van der Waals surface area (Å²) in [4.78, 5) is 49.3. The van der Waals surface area contributed by atoms with Crippen LogP contribution in [-0.4, -0.2) is 58.2 Å². The van der Waals surface area contributed by atoms with Gasteiger partial charge in [0, 0.05) is 18.7 Å². The number of amides is 4. The van der Waals surface area contributed by atoms with Crippen LogP contribution in [0.15, 0.2) is 18.2 Å². The summed E-state index contributed by atoms with van der Waals surface area (Å²) in [6.45, 7) is 0.196. The minimum atomic E-state index is -0.987. The predicted octanol–water partition coefficient (Wildman–Crippen LogP) is 0.0994. The first-order chi connectivity index (χ1) is 11.9. The molecule has 0 aromatic heterocycles. The molecule has 1 saturated heterocycles. The monoisotopic (exact) mass is 365 g/mol. The number of fused-ring (bicyclic) bond motifs is 1. The lowest BCUT2D eigenvalue weighted by atomic mass is 10.0. The van der Waals surface area contributed by atoms with E-state index in [-0.39, 0.29) is 36.4 Å². The molecule has 132 valence electrons. The number of aliphatic hydroxyl groups excluding tert-OH is 1. The van der Waals surface area contributed by atoms with Crippen molar-refractivity contribution in [1.29, 1.82) is 0 Å². The van der Waals surface area contributed by atoms with Crippen molar-refractivity contribution in [2.75, 3.05) is 17.7 Å². The summed E-state index contributed by atoms with van der Waals surface area (Å²) in [7, 11) is 0. The molecule has 2 aliphatic heterocycles. The highest BCUT2D eigenvalue weighted by Gasteiger charge is 2.44. The summed E-state index contributed by atoms with van der Waals surface area (Å²) in [5, 5.41) is 14.6.